The van der Waals surface area contributed by atoms with Gasteiger partial charge in [-0.05, 0) is 57.2 Å². The number of hydrogen-bond donors (Lipinski definition) is 1. The van der Waals surface area contributed by atoms with Gasteiger partial charge in [-0.15, -0.1) is 28.3 Å². The smallest absolute Gasteiger partial charge is 0.187 e. The summed E-state index contributed by atoms with van der Waals surface area (Å²) in [6, 6.07) is 12.2. The van der Waals surface area contributed by atoms with Crippen molar-refractivity contribution in [3.8, 4) is 11.4 Å². The van der Waals surface area contributed by atoms with Gasteiger partial charge < -0.3 is 10.2 Å². The Labute approximate surface area is 190 Å². The number of halogens is 2. The van der Waals surface area contributed by atoms with E-state index >= 15 is 0 Å². The summed E-state index contributed by atoms with van der Waals surface area (Å²) >= 11 is 7.75. The van der Waals surface area contributed by atoms with Gasteiger partial charge in [-0.1, -0.05) is 11.6 Å². The molecule has 0 spiro atoms. The third-order valence-corrected chi connectivity index (χ3v) is 5.73. The van der Waals surface area contributed by atoms with E-state index in [-0.39, 0.29) is 17.0 Å². The van der Waals surface area contributed by atoms with Gasteiger partial charge in [-0.25, -0.2) is 9.97 Å². The Morgan fingerprint density at radius 1 is 1.07 bits per heavy atom. The Morgan fingerprint density at radius 3 is 2.48 bits per heavy atom. The van der Waals surface area contributed by atoms with Crippen LogP contribution in [0, 0.1) is 6.92 Å². The predicted octanol–water partition coefficient (Wildman–Crippen LogP) is 6.59. The lowest BCUT2D eigenvalue weighted by atomic mass is 10.2. The number of aryl methyl sites for hydroxylation is 1. The lowest BCUT2D eigenvalue weighted by molar-refractivity contribution is 0.866. The fourth-order valence-corrected chi connectivity index (χ4v) is 4.23. The van der Waals surface area contributed by atoms with Crippen LogP contribution in [0.2, 0.25) is 5.02 Å². The molecule has 152 valence electrons. The number of imidazole rings is 1. The van der Waals surface area contributed by atoms with Gasteiger partial charge in [0.1, 0.15) is 11.3 Å². The lowest BCUT2D eigenvalue weighted by Gasteiger charge is -2.21. The van der Waals surface area contributed by atoms with Crippen molar-refractivity contribution < 1.29 is 0 Å². The third kappa shape index (κ3) is 4.42. The van der Waals surface area contributed by atoms with Crippen molar-refractivity contribution >= 4 is 62.1 Å². The Balaban J connectivity index is 0.00000240. The lowest BCUT2D eigenvalue weighted by Crippen LogP contribution is -2.21. The topological polar surface area (TPSA) is 45.5 Å². The minimum absolute atomic E-state index is 0. The largest absolute Gasteiger partial charge is 0.372 e. The van der Waals surface area contributed by atoms with Crippen molar-refractivity contribution in [3.05, 3.63) is 58.7 Å². The molecule has 0 aliphatic carbocycles. The highest BCUT2D eigenvalue weighted by atomic mass is 79.9. The zero-order valence-electron chi connectivity index (χ0n) is 16.5. The Kier molecular flexibility index (Phi) is 6.82. The molecule has 1 aromatic carbocycles. The van der Waals surface area contributed by atoms with Crippen LogP contribution in [-0.2, 0) is 0 Å². The number of aromatic nitrogens is 3. The van der Waals surface area contributed by atoms with E-state index in [0.717, 1.165) is 46.6 Å². The number of nitrogens with one attached hydrogen (secondary N) is 1. The number of hydrogen-bond acceptors (Lipinski definition) is 5. The van der Waals surface area contributed by atoms with Crippen LogP contribution in [0.5, 0.6) is 0 Å². The van der Waals surface area contributed by atoms with Gasteiger partial charge in [-0.2, -0.15) is 0 Å². The van der Waals surface area contributed by atoms with Gasteiger partial charge in [0.05, 0.1) is 16.4 Å². The zero-order valence-corrected chi connectivity index (χ0v) is 19.8. The van der Waals surface area contributed by atoms with Gasteiger partial charge in [0.2, 0.25) is 0 Å². The van der Waals surface area contributed by atoms with E-state index in [1.54, 1.807) is 11.3 Å². The molecule has 3 aromatic heterocycles. The molecule has 4 rings (SSSR count). The summed E-state index contributed by atoms with van der Waals surface area (Å²) in [6.07, 6.45) is 1.88. The van der Waals surface area contributed by atoms with E-state index in [9.17, 15) is 0 Å². The van der Waals surface area contributed by atoms with Crippen LogP contribution in [-0.4, -0.2) is 27.5 Å². The molecule has 29 heavy (non-hydrogen) atoms. The third-order valence-electron chi connectivity index (χ3n) is 4.75. The van der Waals surface area contributed by atoms with Crippen molar-refractivity contribution in [1.29, 1.82) is 0 Å². The van der Waals surface area contributed by atoms with Crippen molar-refractivity contribution in [2.45, 2.75) is 20.8 Å². The van der Waals surface area contributed by atoms with Crippen LogP contribution >= 0.6 is 39.9 Å². The molecule has 0 aliphatic heterocycles. The Bertz CT molecular complexity index is 1100. The molecule has 0 unspecified atom stereocenters. The van der Waals surface area contributed by atoms with Gasteiger partial charge >= 0.3 is 0 Å². The number of benzene rings is 1. The Morgan fingerprint density at radius 2 is 1.79 bits per heavy atom. The zero-order chi connectivity index (χ0) is 19.7. The highest BCUT2D eigenvalue weighted by Gasteiger charge is 2.14. The molecule has 0 amide bonds. The standard InChI is InChI=1S/C21H22ClN5S.BrH/c1-4-26(5-2)17-9-7-16(8-10-17)24-21-25-18(13-28-21)20-14(3)23-19-11-6-15(22)12-27(19)20;/h6-13H,4-5H2,1-3H3,(H,24,25);1H. The predicted molar refractivity (Wildman–Crippen MR) is 130 cm³/mol. The quantitative estimate of drug-likeness (QED) is 0.330. The number of anilines is 3. The molecule has 1 N–H and O–H groups in total. The second kappa shape index (κ2) is 9.15. The van der Waals surface area contributed by atoms with Crippen LogP contribution in [0.25, 0.3) is 17.0 Å². The molecule has 0 fully saturated rings. The summed E-state index contributed by atoms with van der Waals surface area (Å²) in [6.45, 7) is 8.34. The number of nitrogens with zero attached hydrogens (tertiary/aromatic N) is 4. The number of fused-ring (bicyclic) bond motifs is 1. The molecule has 0 radical (unpaired) electrons. The maximum Gasteiger partial charge on any atom is 0.187 e. The molecule has 3 heterocycles. The second-order valence-electron chi connectivity index (χ2n) is 6.50. The summed E-state index contributed by atoms with van der Waals surface area (Å²) in [5.74, 6) is 0. The highest BCUT2D eigenvalue weighted by Crippen LogP contribution is 2.31. The average Bonchev–Trinajstić information content (AvgIpc) is 3.27. The maximum atomic E-state index is 6.17. The first-order valence-electron chi connectivity index (χ1n) is 9.31. The summed E-state index contributed by atoms with van der Waals surface area (Å²) in [4.78, 5) is 11.7. The van der Waals surface area contributed by atoms with Crippen LogP contribution in [0.1, 0.15) is 19.5 Å². The highest BCUT2D eigenvalue weighted by molar-refractivity contribution is 8.93. The van der Waals surface area contributed by atoms with Crippen molar-refractivity contribution in [3.63, 3.8) is 0 Å². The molecular weight excluding hydrogens is 470 g/mol. The molecule has 5 nitrogen and oxygen atoms in total. The minimum Gasteiger partial charge on any atom is -0.372 e. The van der Waals surface area contributed by atoms with E-state index in [0.29, 0.717) is 5.02 Å². The molecule has 0 saturated carbocycles. The first-order chi connectivity index (χ1) is 13.6. The molecule has 0 saturated heterocycles. The summed E-state index contributed by atoms with van der Waals surface area (Å²) in [5, 5.41) is 6.97. The van der Waals surface area contributed by atoms with Crippen LogP contribution in [0.4, 0.5) is 16.5 Å². The molecular formula is C21H23BrClN5S. The fourth-order valence-electron chi connectivity index (χ4n) is 3.35. The molecule has 0 atom stereocenters. The fraction of sp³-hybridized carbons (Fsp3) is 0.238. The molecule has 8 heteroatoms. The monoisotopic (exact) mass is 491 g/mol. The van der Waals surface area contributed by atoms with E-state index in [2.05, 4.69) is 53.3 Å². The van der Waals surface area contributed by atoms with E-state index < -0.39 is 0 Å². The van der Waals surface area contributed by atoms with Crippen molar-refractivity contribution in [2.24, 2.45) is 0 Å². The van der Waals surface area contributed by atoms with Crippen molar-refractivity contribution in [1.82, 2.24) is 14.4 Å². The van der Waals surface area contributed by atoms with Crippen molar-refractivity contribution in [2.75, 3.05) is 23.3 Å². The van der Waals surface area contributed by atoms with Crippen LogP contribution in [0.3, 0.4) is 0 Å². The van der Waals surface area contributed by atoms with Gasteiger partial charge in [0, 0.05) is 36.0 Å². The van der Waals surface area contributed by atoms with Gasteiger partial charge in [-0.3, -0.25) is 4.40 Å². The second-order valence-corrected chi connectivity index (χ2v) is 7.80. The normalized spacial score (nSPS) is 10.8. The van der Waals surface area contributed by atoms with Crippen LogP contribution < -0.4 is 10.2 Å². The Hall–Kier alpha value is -2.09. The molecule has 4 aromatic rings. The molecule has 0 aliphatic rings. The summed E-state index contributed by atoms with van der Waals surface area (Å²) in [7, 11) is 0. The first kappa shape index (κ1) is 21.6. The van der Waals surface area contributed by atoms with Gasteiger partial charge in [0.15, 0.2) is 5.13 Å². The van der Waals surface area contributed by atoms with Gasteiger partial charge in [0.25, 0.3) is 0 Å². The first-order valence-corrected chi connectivity index (χ1v) is 10.6. The average molecular weight is 493 g/mol. The molecule has 0 bridgehead atoms. The SMILES string of the molecule is Br.CCN(CC)c1ccc(Nc2nc(-c3c(C)nc4ccc(Cl)cn34)cs2)cc1. The van der Waals surface area contributed by atoms with Crippen LogP contribution in [0.15, 0.2) is 48.0 Å². The summed E-state index contributed by atoms with van der Waals surface area (Å²) < 4.78 is 2.00. The number of pyridine rings is 1. The maximum absolute atomic E-state index is 6.17. The summed E-state index contributed by atoms with van der Waals surface area (Å²) in [5.41, 5.74) is 5.91. The van der Waals surface area contributed by atoms with E-state index in [4.69, 9.17) is 16.6 Å². The minimum atomic E-state index is 0. The van der Waals surface area contributed by atoms with E-state index in [1.165, 1.54) is 5.69 Å². The number of rotatable bonds is 6. The number of thiazole rings is 1. The van der Waals surface area contributed by atoms with E-state index in [1.807, 2.05) is 35.0 Å².